The third kappa shape index (κ3) is 15.8. The molecule has 2 saturated heterocycles. The summed E-state index contributed by atoms with van der Waals surface area (Å²) in [6.07, 6.45) is 5.57. The lowest BCUT2D eigenvalue weighted by Crippen LogP contribution is -2.43. The predicted octanol–water partition coefficient (Wildman–Crippen LogP) is 6.40. The van der Waals surface area contributed by atoms with E-state index in [1.165, 1.54) is 14.2 Å². The largest absolute Gasteiger partial charge is 0.493 e. The van der Waals surface area contributed by atoms with E-state index in [1.54, 1.807) is 34.9 Å². The monoisotopic (exact) mass is 774 g/mol. The number of rotatable bonds is 16. The van der Waals surface area contributed by atoms with Gasteiger partial charge in [0.2, 0.25) is 11.8 Å². The molecule has 55 heavy (non-hydrogen) atoms. The van der Waals surface area contributed by atoms with Gasteiger partial charge in [0, 0.05) is 32.1 Å². The summed E-state index contributed by atoms with van der Waals surface area (Å²) in [6, 6.07) is 4.43. The average molecular weight is 775 g/mol. The van der Waals surface area contributed by atoms with Gasteiger partial charge in [0.1, 0.15) is 11.2 Å². The molecule has 2 aliphatic rings. The summed E-state index contributed by atoms with van der Waals surface area (Å²) in [5.74, 6) is 0.250. The third-order valence-corrected chi connectivity index (χ3v) is 9.99. The molecule has 1 atom stereocenters. The van der Waals surface area contributed by atoms with Crippen molar-refractivity contribution < 1.29 is 47.7 Å². The lowest BCUT2D eigenvalue weighted by Gasteiger charge is -2.34. The molecule has 0 bridgehead atoms. The summed E-state index contributed by atoms with van der Waals surface area (Å²) in [5.41, 5.74) is -0.482. The van der Waals surface area contributed by atoms with Gasteiger partial charge in [0.05, 0.1) is 39.8 Å². The van der Waals surface area contributed by atoms with Gasteiger partial charge in [-0.1, -0.05) is 6.07 Å². The van der Waals surface area contributed by atoms with Gasteiger partial charge >= 0.3 is 18.2 Å². The van der Waals surface area contributed by atoms with E-state index in [0.29, 0.717) is 67.9 Å². The summed E-state index contributed by atoms with van der Waals surface area (Å²) >= 11 is 0. The number of likely N-dealkylation sites (tertiary alicyclic amines) is 2. The second-order valence-corrected chi connectivity index (χ2v) is 16.6. The molecule has 0 saturated carbocycles. The molecule has 14 nitrogen and oxygen atoms in total. The van der Waals surface area contributed by atoms with Crippen molar-refractivity contribution >= 4 is 30.0 Å². The highest BCUT2D eigenvalue weighted by Crippen LogP contribution is 2.32. The Morgan fingerprint density at radius 3 is 1.69 bits per heavy atom. The number of nitrogens with one attached hydrogen (secondary N) is 2. The second-order valence-electron chi connectivity index (χ2n) is 16.6. The molecule has 1 aromatic carbocycles. The number of hydrogen-bond acceptors (Lipinski definition) is 10. The first-order chi connectivity index (χ1) is 25.9. The van der Waals surface area contributed by atoms with Crippen LogP contribution in [0, 0.1) is 17.8 Å². The van der Waals surface area contributed by atoms with Crippen molar-refractivity contribution in [2.75, 3.05) is 53.6 Å². The molecular formula is C41H66N4O10. The quantitative estimate of drug-likeness (QED) is 0.142. The maximum Gasteiger partial charge on any atom is 0.410 e. The molecule has 0 radical (unpaired) electrons. The van der Waals surface area contributed by atoms with Gasteiger partial charge in [0.15, 0.2) is 11.5 Å². The van der Waals surface area contributed by atoms with Crippen LogP contribution >= 0.6 is 0 Å². The molecule has 14 heteroatoms. The zero-order valence-corrected chi connectivity index (χ0v) is 34.6. The Hall–Kier alpha value is -4.23. The average Bonchev–Trinajstić information content (AvgIpc) is 3.12. The Kier molecular flexibility index (Phi) is 17.4. The Morgan fingerprint density at radius 1 is 0.764 bits per heavy atom. The molecule has 0 aromatic heterocycles. The summed E-state index contributed by atoms with van der Waals surface area (Å²) in [7, 11) is 3.03. The summed E-state index contributed by atoms with van der Waals surface area (Å²) < 4.78 is 27.1. The fourth-order valence-corrected chi connectivity index (χ4v) is 7.01. The maximum atomic E-state index is 13.8. The van der Waals surface area contributed by atoms with Gasteiger partial charge in [0.25, 0.3) is 0 Å². The number of methoxy groups -OCH3 is 2. The first-order valence-electron chi connectivity index (χ1n) is 19.8. The summed E-state index contributed by atoms with van der Waals surface area (Å²) in [6.45, 7) is 15.3. The maximum absolute atomic E-state index is 13.8. The lowest BCUT2D eigenvalue weighted by atomic mass is 9.84. The van der Waals surface area contributed by atoms with Crippen LogP contribution in [0.4, 0.5) is 9.59 Å². The number of nitrogens with zero attached hydrogens (tertiary/aromatic N) is 2. The third-order valence-electron chi connectivity index (χ3n) is 9.99. The van der Waals surface area contributed by atoms with E-state index in [0.717, 1.165) is 38.5 Å². The number of ether oxygens (including phenoxy) is 5. The van der Waals surface area contributed by atoms with Crippen LogP contribution < -0.4 is 20.1 Å². The van der Waals surface area contributed by atoms with Gasteiger partial charge in [-0.25, -0.2) is 9.59 Å². The van der Waals surface area contributed by atoms with Crippen LogP contribution in [0.1, 0.15) is 118 Å². The standard InChI is InChI=1S/C41H66N4O10/c1-10-53-36(47)26-32(31-15-16-33(51-8)34(25-31)52-9)43-35(46)27-42-37(48)30(13-11-28-17-21-44(22-18-28)38(49)54-40(2,3)4)14-12-29-19-23-45(24-20-29)39(50)55-41(5,6)7/h15-16,25,28-30,32H,10-14,17-24,26-27H2,1-9H3,(H,42,48)(H,43,46). The SMILES string of the molecule is CCOC(=O)CC(NC(=O)CNC(=O)C(CCC1CCN(C(=O)OC(C)(C)C)CC1)CCC1CCN(C(=O)OC(C)(C)C)CC1)c1ccc(OC)c(OC)c1. The van der Waals surface area contributed by atoms with Gasteiger partial charge < -0.3 is 44.1 Å². The fourth-order valence-electron chi connectivity index (χ4n) is 7.01. The molecule has 2 heterocycles. The minimum Gasteiger partial charge on any atom is -0.493 e. The van der Waals surface area contributed by atoms with Crippen LogP contribution in [0.15, 0.2) is 18.2 Å². The number of benzene rings is 1. The summed E-state index contributed by atoms with van der Waals surface area (Å²) in [4.78, 5) is 68.3. The van der Waals surface area contributed by atoms with Gasteiger partial charge in [-0.05, 0) is 129 Å². The van der Waals surface area contributed by atoms with Crippen LogP contribution in [0.5, 0.6) is 11.5 Å². The molecule has 1 aromatic rings. The van der Waals surface area contributed by atoms with E-state index in [9.17, 15) is 24.0 Å². The van der Waals surface area contributed by atoms with Gasteiger partial charge in [-0.3, -0.25) is 14.4 Å². The number of hydrogen-bond donors (Lipinski definition) is 2. The molecule has 3 rings (SSSR count). The molecule has 2 aliphatic heterocycles. The van der Waals surface area contributed by atoms with E-state index in [1.807, 2.05) is 41.5 Å². The highest BCUT2D eigenvalue weighted by atomic mass is 16.6. The van der Waals surface area contributed by atoms with Crippen LogP contribution in [0.25, 0.3) is 0 Å². The van der Waals surface area contributed by atoms with Crippen LogP contribution in [-0.2, 0) is 28.6 Å². The van der Waals surface area contributed by atoms with E-state index < -0.39 is 29.1 Å². The minimum absolute atomic E-state index is 0.106. The molecule has 4 amide bonds. The zero-order valence-electron chi connectivity index (χ0n) is 34.6. The highest BCUT2D eigenvalue weighted by Gasteiger charge is 2.31. The van der Waals surface area contributed by atoms with E-state index >= 15 is 0 Å². The Balaban J connectivity index is 1.63. The Bertz CT molecular complexity index is 1370. The van der Waals surface area contributed by atoms with Gasteiger partial charge in [-0.2, -0.15) is 0 Å². The fraction of sp³-hybridized carbons (Fsp3) is 0.732. The van der Waals surface area contributed by atoms with Crippen molar-refractivity contribution in [2.24, 2.45) is 17.8 Å². The van der Waals surface area contributed by atoms with Crippen molar-refractivity contribution in [3.63, 3.8) is 0 Å². The number of carbonyl (C=O) groups excluding carboxylic acids is 5. The molecule has 2 N–H and O–H groups in total. The van der Waals surface area contributed by atoms with Crippen molar-refractivity contribution in [1.29, 1.82) is 0 Å². The molecule has 2 fully saturated rings. The summed E-state index contributed by atoms with van der Waals surface area (Å²) in [5, 5.41) is 5.76. The Morgan fingerprint density at radius 2 is 1.25 bits per heavy atom. The van der Waals surface area contributed by atoms with Gasteiger partial charge in [-0.15, -0.1) is 0 Å². The lowest BCUT2D eigenvalue weighted by molar-refractivity contribution is -0.144. The van der Waals surface area contributed by atoms with Crippen LogP contribution in [0.2, 0.25) is 0 Å². The van der Waals surface area contributed by atoms with Crippen LogP contribution in [-0.4, -0.2) is 105 Å². The molecular weight excluding hydrogens is 708 g/mol. The van der Waals surface area contributed by atoms with Crippen molar-refractivity contribution in [3.8, 4) is 11.5 Å². The Labute approximate surface area is 327 Å². The number of amides is 4. The van der Waals surface area contributed by atoms with E-state index in [2.05, 4.69) is 10.6 Å². The smallest absolute Gasteiger partial charge is 0.410 e. The van der Waals surface area contributed by atoms with Crippen LogP contribution in [0.3, 0.4) is 0 Å². The number of piperidine rings is 2. The molecule has 0 aliphatic carbocycles. The van der Waals surface area contributed by atoms with Crippen molar-refractivity contribution in [1.82, 2.24) is 20.4 Å². The first kappa shape index (κ1) is 45.2. The first-order valence-corrected chi connectivity index (χ1v) is 19.8. The normalized spacial score (nSPS) is 16.3. The number of esters is 1. The molecule has 1 unspecified atom stereocenters. The zero-order chi connectivity index (χ0) is 40.8. The molecule has 0 spiro atoms. The highest BCUT2D eigenvalue weighted by molar-refractivity contribution is 5.86. The second kappa shape index (κ2) is 21.2. The van der Waals surface area contributed by atoms with E-state index in [4.69, 9.17) is 23.7 Å². The van der Waals surface area contributed by atoms with E-state index in [-0.39, 0.29) is 43.6 Å². The van der Waals surface area contributed by atoms with Crippen molar-refractivity contribution in [3.05, 3.63) is 23.8 Å². The molecule has 310 valence electrons. The topological polar surface area (TPSA) is 162 Å². The minimum atomic E-state index is -0.725. The number of carbonyl (C=O) groups is 5. The van der Waals surface area contributed by atoms with Crippen molar-refractivity contribution in [2.45, 2.75) is 123 Å². The predicted molar refractivity (Wildman–Crippen MR) is 208 cm³/mol.